The van der Waals surface area contributed by atoms with E-state index < -0.39 is 27.8 Å². The fourth-order valence-electron chi connectivity index (χ4n) is 1.79. The molecule has 0 aliphatic carbocycles. The lowest BCUT2D eigenvalue weighted by Crippen LogP contribution is -2.46. The minimum absolute atomic E-state index is 0.311. The summed E-state index contributed by atoms with van der Waals surface area (Å²) in [7, 11) is -3.70. The van der Waals surface area contributed by atoms with Gasteiger partial charge in [0.25, 0.3) is 10.1 Å². The molecule has 0 bridgehead atoms. The second kappa shape index (κ2) is 5.54. The number of hydrogen-bond donors (Lipinski definition) is 1. The van der Waals surface area contributed by atoms with E-state index in [9.17, 15) is 13.2 Å². The van der Waals surface area contributed by atoms with Gasteiger partial charge in [0.2, 0.25) is 0 Å². The molecule has 7 heteroatoms. The van der Waals surface area contributed by atoms with Gasteiger partial charge in [0.05, 0.1) is 6.26 Å². The van der Waals surface area contributed by atoms with Crippen LogP contribution in [0.5, 0.6) is 0 Å². The molecule has 18 heavy (non-hydrogen) atoms. The smallest absolute Gasteiger partial charge is 0.338 e. The first-order valence-electron chi connectivity index (χ1n) is 5.93. The Morgan fingerprint density at radius 1 is 1.39 bits per heavy atom. The van der Waals surface area contributed by atoms with Gasteiger partial charge in [-0.05, 0) is 40.2 Å². The average molecular weight is 279 g/mol. The van der Waals surface area contributed by atoms with Gasteiger partial charge < -0.3 is 10.1 Å². The Bertz CT molecular complexity index is 392. The van der Waals surface area contributed by atoms with Gasteiger partial charge in [-0.2, -0.15) is 8.42 Å². The van der Waals surface area contributed by atoms with Crippen LogP contribution in [0.15, 0.2) is 0 Å². The largest absolute Gasteiger partial charge is 0.458 e. The first kappa shape index (κ1) is 15.4. The molecule has 0 radical (unpaired) electrons. The molecule has 0 aromatic carbocycles. The molecule has 0 spiro atoms. The van der Waals surface area contributed by atoms with Gasteiger partial charge in [0.15, 0.2) is 6.10 Å². The quantitative estimate of drug-likeness (QED) is 0.593. The van der Waals surface area contributed by atoms with E-state index >= 15 is 0 Å². The zero-order valence-electron chi connectivity index (χ0n) is 11.2. The molecule has 1 saturated heterocycles. The van der Waals surface area contributed by atoms with Crippen LogP contribution in [0.1, 0.15) is 33.6 Å². The van der Waals surface area contributed by atoms with E-state index in [0.29, 0.717) is 6.42 Å². The second-order valence-corrected chi connectivity index (χ2v) is 7.06. The molecule has 1 aliphatic rings. The van der Waals surface area contributed by atoms with E-state index in [0.717, 1.165) is 19.2 Å². The molecule has 1 rings (SSSR count). The Kier molecular flexibility index (Phi) is 4.74. The lowest BCUT2D eigenvalue weighted by molar-refractivity contribution is -0.164. The van der Waals surface area contributed by atoms with E-state index in [1.54, 1.807) is 20.8 Å². The molecule has 0 aromatic rings. The van der Waals surface area contributed by atoms with Gasteiger partial charge in [0, 0.05) is 6.04 Å². The highest BCUT2D eigenvalue weighted by molar-refractivity contribution is 7.86. The van der Waals surface area contributed by atoms with Crippen molar-refractivity contribution in [3.63, 3.8) is 0 Å². The van der Waals surface area contributed by atoms with E-state index in [1.165, 1.54) is 0 Å². The lowest BCUT2D eigenvalue weighted by Gasteiger charge is -2.26. The standard InChI is InChI=1S/C11H21NO5S/c1-11(2,3)16-10(13)9(17-18(4,14)15)8-6-5-7-12-8/h8-9,12H,5-7H2,1-4H3/t8-,9?/m1/s1. The molecule has 106 valence electrons. The number of hydrogen-bond acceptors (Lipinski definition) is 6. The Morgan fingerprint density at radius 2 is 2.00 bits per heavy atom. The fourth-order valence-corrected chi connectivity index (χ4v) is 2.38. The molecule has 1 unspecified atom stereocenters. The second-order valence-electron chi connectivity index (χ2n) is 5.46. The third-order valence-corrected chi connectivity index (χ3v) is 2.94. The maximum Gasteiger partial charge on any atom is 0.338 e. The molecule has 0 aromatic heterocycles. The Morgan fingerprint density at radius 3 is 2.39 bits per heavy atom. The van der Waals surface area contributed by atoms with Crippen LogP contribution in [0.3, 0.4) is 0 Å². The highest BCUT2D eigenvalue weighted by Gasteiger charge is 2.37. The number of carbonyl (C=O) groups excluding carboxylic acids is 1. The van der Waals surface area contributed by atoms with Crippen LogP contribution >= 0.6 is 0 Å². The van der Waals surface area contributed by atoms with Crippen molar-refractivity contribution in [2.45, 2.75) is 51.4 Å². The van der Waals surface area contributed by atoms with Crippen molar-refractivity contribution in [1.82, 2.24) is 5.32 Å². The van der Waals surface area contributed by atoms with Gasteiger partial charge in [-0.25, -0.2) is 4.79 Å². The molecular weight excluding hydrogens is 258 g/mol. The Balaban J connectivity index is 2.79. The van der Waals surface area contributed by atoms with E-state index in [4.69, 9.17) is 8.92 Å². The first-order valence-corrected chi connectivity index (χ1v) is 7.75. The highest BCUT2D eigenvalue weighted by Crippen LogP contribution is 2.18. The van der Waals surface area contributed by atoms with Crippen molar-refractivity contribution in [2.24, 2.45) is 0 Å². The molecule has 0 amide bonds. The summed E-state index contributed by atoms with van der Waals surface area (Å²) in [5.74, 6) is -0.646. The topological polar surface area (TPSA) is 81.7 Å². The summed E-state index contributed by atoms with van der Waals surface area (Å²) < 4.78 is 32.5. The first-order chi connectivity index (χ1) is 8.08. The fraction of sp³-hybridized carbons (Fsp3) is 0.909. The number of carbonyl (C=O) groups is 1. The van der Waals surface area contributed by atoms with Crippen LogP contribution in [0, 0.1) is 0 Å². The van der Waals surface area contributed by atoms with Crippen LogP contribution in [0.25, 0.3) is 0 Å². The maximum absolute atomic E-state index is 12.0. The zero-order chi connectivity index (χ0) is 14.0. The van der Waals surface area contributed by atoms with Crippen LogP contribution in [-0.4, -0.2) is 44.9 Å². The third-order valence-electron chi connectivity index (χ3n) is 2.38. The highest BCUT2D eigenvalue weighted by atomic mass is 32.2. The summed E-state index contributed by atoms with van der Waals surface area (Å²) in [6, 6.07) is -0.311. The summed E-state index contributed by atoms with van der Waals surface area (Å²) in [5, 5.41) is 3.06. The van der Waals surface area contributed by atoms with Crippen LogP contribution < -0.4 is 5.32 Å². The monoisotopic (exact) mass is 279 g/mol. The number of ether oxygens (including phenoxy) is 1. The summed E-state index contributed by atoms with van der Waals surface area (Å²) in [5.41, 5.74) is -0.672. The molecule has 1 aliphatic heterocycles. The van der Waals surface area contributed by atoms with Crippen molar-refractivity contribution in [3.05, 3.63) is 0 Å². The summed E-state index contributed by atoms with van der Waals surface area (Å²) in [6.45, 7) is 5.93. The van der Waals surface area contributed by atoms with Crippen LogP contribution in [-0.2, 0) is 23.8 Å². The predicted octanol–water partition coefficient (Wildman–Crippen LogP) is 0.425. The molecule has 0 saturated carbocycles. The number of nitrogens with one attached hydrogen (secondary N) is 1. The van der Waals surface area contributed by atoms with Crippen LogP contribution in [0.2, 0.25) is 0 Å². The molecule has 1 fully saturated rings. The SMILES string of the molecule is CC(C)(C)OC(=O)C(OS(C)(=O)=O)[C@H]1CCCN1. The van der Waals surface area contributed by atoms with Gasteiger partial charge in [-0.3, -0.25) is 4.18 Å². The van der Waals surface area contributed by atoms with Gasteiger partial charge in [-0.1, -0.05) is 0 Å². The summed E-state index contributed by atoms with van der Waals surface area (Å²) >= 11 is 0. The van der Waals surface area contributed by atoms with Crippen molar-refractivity contribution in [3.8, 4) is 0 Å². The normalized spacial score (nSPS) is 22.8. The van der Waals surface area contributed by atoms with E-state index in [-0.39, 0.29) is 6.04 Å². The Labute approximate surface area is 108 Å². The van der Waals surface area contributed by atoms with Gasteiger partial charge in [0.1, 0.15) is 5.60 Å². The molecule has 1 heterocycles. The van der Waals surface area contributed by atoms with Gasteiger partial charge >= 0.3 is 5.97 Å². The van der Waals surface area contributed by atoms with E-state index in [2.05, 4.69) is 5.32 Å². The third kappa shape index (κ3) is 5.32. The molecule has 1 N–H and O–H groups in total. The maximum atomic E-state index is 12.0. The minimum Gasteiger partial charge on any atom is -0.458 e. The van der Waals surface area contributed by atoms with E-state index in [1.807, 2.05) is 0 Å². The summed E-state index contributed by atoms with van der Waals surface area (Å²) in [6.07, 6.45) is 1.40. The van der Waals surface area contributed by atoms with Crippen molar-refractivity contribution in [2.75, 3.05) is 12.8 Å². The predicted molar refractivity (Wildman–Crippen MR) is 66.6 cm³/mol. The molecule has 2 atom stereocenters. The number of rotatable bonds is 4. The molecule has 6 nitrogen and oxygen atoms in total. The lowest BCUT2D eigenvalue weighted by atomic mass is 10.1. The Hall–Kier alpha value is -0.660. The van der Waals surface area contributed by atoms with Crippen molar-refractivity contribution >= 4 is 16.1 Å². The van der Waals surface area contributed by atoms with Crippen molar-refractivity contribution < 1.29 is 22.1 Å². The minimum atomic E-state index is -3.70. The van der Waals surface area contributed by atoms with Crippen molar-refractivity contribution in [1.29, 1.82) is 0 Å². The number of esters is 1. The average Bonchev–Trinajstić information content (AvgIpc) is 2.61. The summed E-state index contributed by atoms with van der Waals surface area (Å²) in [4.78, 5) is 12.0. The zero-order valence-corrected chi connectivity index (χ0v) is 12.0. The molecular formula is C11H21NO5S. The van der Waals surface area contributed by atoms with Gasteiger partial charge in [-0.15, -0.1) is 0 Å². The van der Waals surface area contributed by atoms with Crippen LogP contribution in [0.4, 0.5) is 0 Å².